The number of hydrogen-bond donors (Lipinski definition) is 0. The Balaban J connectivity index is 1.22. The standard InChI is InChI=1S/C41H56O6S2Si/c1-6-17-31-39-41(47-39,50(7-2,8-3)9-4)26-34-32(44-31)24-33-37(46-34)38(43-28-30-20-14-11-15-21-30)36(42-27-29-18-12-10-13-19-29)35(45-33)25-40(5)48-22-16-23-49-40/h1,10-15,18-21,31-39H,7-9,16-17,22-28H2,2-5H3/t31?,32-,33+,34+,35?,36-,37+,38+,39?,41?/m0/s1. The zero-order valence-corrected chi connectivity index (χ0v) is 32.9. The zero-order valence-electron chi connectivity index (χ0n) is 30.3. The zero-order chi connectivity index (χ0) is 34.8. The van der Waals surface area contributed by atoms with Crippen molar-refractivity contribution in [1.29, 1.82) is 0 Å². The molecule has 5 aliphatic heterocycles. The van der Waals surface area contributed by atoms with Crippen LogP contribution in [0.5, 0.6) is 0 Å². The van der Waals surface area contributed by atoms with Crippen LogP contribution >= 0.6 is 23.5 Å². The third-order valence-electron chi connectivity index (χ3n) is 12.4. The first kappa shape index (κ1) is 37.0. The molecule has 272 valence electrons. The van der Waals surface area contributed by atoms with E-state index < -0.39 is 8.07 Å². The molecule has 2 aromatic rings. The van der Waals surface area contributed by atoms with Crippen molar-refractivity contribution < 1.29 is 28.4 Å². The lowest BCUT2D eigenvalue weighted by Gasteiger charge is -2.53. The van der Waals surface area contributed by atoms with Crippen LogP contribution in [0.1, 0.15) is 70.9 Å². The van der Waals surface area contributed by atoms with Gasteiger partial charge in [0.2, 0.25) is 0 Å². The highest BCUT2D eigenvalue weighted by atomic mass is 32.2. The van der Waals surface area contributed by atoms with Gasteiger partial charge in [0.15, 0.2) is 0 Å². The SMILES string of the molecule is C#CCC1O[C@H]2C[C@H]3OC(CC4(C)SCCCS4)[C@H](OCc4ccccc4)[C@@H](OCc4ccccc4)[C@@H]3O[C@@H]2CC2([Si](CC)(CC)CC)OC12. The Bertz CT molecular complexity index is 1420. The van der Waals surface area contributed by atoms with E-state index >= 15 is 0 Å². The molecule has 7 rings (SSSR count). The molecule has 9 heteroatoms. The Hall–Kier alpha value is -1.32. The van der Waals surface area contributed by atoms with E-state index in [0.29, 0.717) is 19.6 Å². The number of epoxide rings is 1. The maximum Gasteiger partial charge on any atom is 0.115 e. The van der Waals surface area contributed by atoms with E-state index in [4.69, 9.17) is 34.8 Å². The van der Waals surface area contributed by atoms with Gasteiger partial charge >= 0.3 is 0 Å². The van der Waals surface area contributed by atoms with Crippen molar-refractivity contribution in [1.82, 2.24) is 0 Å². The molecule has 50 heavy (non-hydrogen) atoms. The summed E-state index contributed by atoms with van der Waals surface area (Å²) in [7, 11) is -1.82. The van der Waals surface area contributed by atoms with Crippen molar-refractivity contribution in [3.63, 3.8) is 0 Å². The Kier molecular flexibility index (Phi) is 11.8. The Labute approximate surface area is 309 Å². The molecule has 0 bridgehead atoms. The van der Waals surface area contributed by atoms with Gasteiger partial charge in [0, 0.05) is 19.3 Å². The Morgan fingerprint density at radius 2 is 1.40 bits per heavy atom. The molecule has 0 radical (unpaired) electrons. The van der Waals surface area contributed by atoms with E-state index in [1.807, 2.05) is 6.07 Å². The van der Waals surface area contributed by atoms with Crippen LogP contribution in [0.3, 0.4) is 0 Å². The van der Waals surface area contributed by atoms with Crippen LogP contribution in [0.4, 0.5) is 0 Å². The molecule has 0 N–H and O–H groups in total. The van der Waals surface area contributed by atoms with Gasteiger partial charge in [-0.3, -0.25) is 0 Å². The predicted octanol–water partition coefficient (Wildman–Crippen LogP) is 8.42. The second kappa shape index (κ2) is 16.0. The van der Waals surface area contributed by atoms with Crippen molar-refractivity contribution in [3.8, 4) is 12.3 Å². The molecule has 5 fully saturated rings. The van der Waals surface area contributed by atoms with Gasteiger partial charge in [-0.1, -0.05) is 99.6 Å². The highest BCUT2D eigenvalue weighted by molar-refractivity contribution is 8.18. The van der Waals surface area contributed by atoms with E-state index in [9.17, 15) is 0 Å². The lowest BCUT2D eigenvalue weighted by Crippen LogP contribution is -2.65. The largest absolute Gasteiger partial charge is 0.369 e. The third-order valence-corrected chi connectivity index (χ3v) is 22.1. The molecule has 0 aliphatic carbocycles. The summed E-state index contributed by atoms with van der Waals surface area (Å²) in [4.78, 5) is 0. The summed E-state index contributed by atoms with van der Waals surface area (Å²) in [5, 5.41) is -0.176. The fraction of sp³-hybridized carbons (Fsp3) is 0.659. The Morgan fingerprint density at radius 1 is 0.800 bits per heavy atom. The van der Waals surface area contributed by atoms with Crippen molar-refractivity contribution in [2.45, 2.75) is 155 Å². The number of terminal acetylenes is 1. The lowest BCUT2D eigenvalue weighted by atomic mass is 9.85. The van der Waals surface area contributed by atoms with Gasteiger partial charge in [-0.15, -0.1) is 35.9 Å². The van der Waals surface area contributed by atoms with Crippen molar-refractivity contribution in [2.24, 2.45) is 0 Å². The Morgan fingerprint density at radius 3 is 2.00 bits per heavy atom. The van der Waals surface area contributed by atoms with E-state index in [1.165, 1.54) is 36.1 Å². The molecule has 5 aliphatic rings. The van der Waals surface area contributed by atoms with Crippen molar-refractivity contribution in [2.75, 3.05) is 11.5 Å². The van der Waals surface area contributed by atoms with Crippen LogP contribution in [-0.4, -0.2) is 83.8 Å². The predicted molar refractivity (Wildman–Crippen MR) is 206 cm³/mol. The number of ether oxygens (including phenoxy) is 6. The second-order valence-electron chi connectivity index (χ2n) is 15.1. The molecule has 4 unspecified atom stereocenters. The first-order valence-corrected chi connectivity index (χ1v) is 23.6. The molecule has 0 aromatic heterocycles. The van der Waals surface area contributed by atoms with E-state index in [1.54, 1.807) is 0 Å². The molecule has 10 atom stereocenters. The first-order chi connectivity index (χ1) is 24.4. The highest BCUT2D eigenvalue weighted by Gasteiger charge is 2.72. The number of thioether (sulfide) groups is 2. The van der Waals surface area contributed by atoms with Crippen LogP contribution in [0, 0.1) is 12.3 Å². The summed E-state index contributed by atoms with van der Waals surface area (Å²) in [5.41, 5.74) is 2.28. The van der Waals surface area contributed by atoms with Crippen molar-refractivity contribution >= 4 is 31.6 Å². The summed E-state index contributed by atoms with van der Waals surface area (Å²) in [6, 6.07) is 24.5. The maximum atomic E-state index is 7.32. The molecule has 5 saturated heterocycles. The normalized spacial score (nSPS) is 36.3. The molecule has 0 amide bonds. The average molecular weight is 737 g/mol. The van der Waals surface area contributed by atoms with Gasteiger partial charge in [-0.05, 0) is 42.4 Å². The lowest BCUT2D eigenvalue weighted by molar-refractivity contribution is -0.306. The quantitative estimate of drug-likeness (QED) is 0.116. The van der Waals surface area contributed by atoms with Crippen LogP contribution in [-0.2, 0) is 41.6 Å². The molecule has 6 nitrogen and oxygen atoms in total. The number of fused-ring (bicyclic) bond motifs is 3. The van der Waals surface area contributed by atoms with E-state index in [-0.39, 0.29) is 64.2 Å². The minimum absolute atomic E-state index is 0.0438. The summed E-state index contributed by atoms with van der Waals surface area (Å²) in [6.07, 6.45) is 8.70. The summed E-state index contributed by atoms with van der Waals surface area (Å²) < 4.78 is 42.4. The maximum absolute atomic E-state index is 7.32. The van der Waals surface area contributed by atoms with Crippen LogP contribution in [0.25, 0.3) is 0 Å². The van der Waals surface area contributed by atoms with Crippen molar-refractivity contribution in [3.05, 3.63) is 71.8 Å². The molecular formula is C41H56O6S2Si. The monoisotopic (exact) mass is 736 g/mol. The molecular weight excluding hydrogens is 681 g/mol. The summed E-state index contributed by atoms with van der Waals surface area (Å²) >= 11 is 4.12. The molecule has 0 spiro atoms. The summed E-state index contributed by atoms with van der Waals surface area (Å²) in [6.45, 7) is 10.5. The van der Waals surface area contributed by atoms with Gasteiger partial charge in [-0.25, -0.2) is 0 Å². The molecule has 5 heterocycles. The summed E-state index contributed by atoms with van der Waals surface area (Å²) in [5.74, 6) is 5.27. The van der Waals surface area contributed by atoms with Crippen LogP contribution < -0.4 is 0 Å². The topological polar surface area (TPSA) is 58.7 Å². The fourth-order valence-electron chi connectivity index (χ4n) is 9.48. The highest BCUT2D eigenvalue weighted by Crippen LogP contribution is 2.58. The van der Waals surface area contributed by atoms with Gasteiger partial charge < -0.3 is 28.4 Å². The fourth-order valence-corrected chi connectivity index (χ4v) is 17.6. The number of benzene rings is 2. The first-order valence-electron chi connectivity index (χ1n) is 19.0. The third kappa shape index (κ3) is 7.41. The number of rotatable bonds is 13. The van der Waals surface area contributed by atoms with E-state index in [2.05, 4.69) is 112 Å². The van der Waals surface area contributed by atoms with Gasteiger partial charge in [0.05, 0.1) is 61.1 Å². The average Bonchev–Trinajstić information content (AvgIpc) is 3.88. The van der Waals surface area contributed by atoms with E-state index in [0.717, 1.165) is 30.4 Å². The van der Waals surface area contributed by atoms with Crippen LogP contribution in [0.2, 0.25) is 18.1 Å². The van der Waals surface area contributed by atoms with Gasteiger partial charge in [-0.2, -0.15) is 0 Å². The molecule has 0 saturated carbocycles. The molecule has 2 aromatic carbocycles. The van der Waals surface area contributed by atoms with Gasteiger partial charge in [0.1, 0.15) is 24.4 Å². The minimum Gasteiger partial charge on any atom is -0.369 e. The van der Waals surface area contributed by atoms with Gasteiger partial charge in [0.25, 0.3) is 0 Å². The second-order valence-corrected chi connectivity index (χ2v) is 24.1. The minimum atomic E-state index is -1.82. The number of hydrogen-bond acceptors (Lipinski definition) is 8. The van der Waals surface area contributed by atoms with Crippen LogP contribution in [0.15, 0.2) is 60.7 Å². The smallest absolute Gasteiger partial charge is 0.115 e.